The number of likely N-dealkylation sites (N-methyl/N-ethyl adjacent to an activating group) is 1. The van der Waals surface area contributed by atoms with E-state index in [1.807, 2.05) is 21.1 Å². The highest BCUT2D eigenvalue weighted by atomic mass is 16.2. The minimum Gasteiger partial charge on any atom is -0.347 e. The molecule has 82 valence electrons. The Bertz CT molecular complexity index is 194. The van der Waals surface area contributed by atoms with Crippen LogP contribution >= 0.6 is 0 Å². The van der Waals surface area contributed by atoms with Crippen LogP contribution in [0.5, 0.6) is 0 Å². The van der Waals surface area contributed by atoms with E-state index in [0.29, 0.717) is 6.04 Å². The molecule has 0 saturated carbocycles. The molecule has 4 nitrogen and oxygen atoms in total. The van der Waals surface area contributed by atoms with Crippen molar-refractivity contribution in [3.8, 4) is 0 Å². The average molecular weight is 199 g/mol. The zero-order valence-corrected chi connectivity index (χ0v) is 9.34. The largest absolute Gasteiger partial charge is 0.347 e. The normalized spacial score (nSPS) is 26.5. The number of carbonyl (C=O) groups excluding carboxylic acids is 1. The molecule has 0 radical (unpaired) electrons. The topological polar surface area (TPSA) is 44.4 Å². The zero-order valence-electron chi connectivity index (χ0n) is 9.34. The molecule has 1 aliphatic heterocycles. The van der Waals surface area contributed by atoms with Gasteiger partial charge in [-0.2, -0.15) is 0 Å². The quantitative estimate of drug-likeness (QED) is 0.659. The van der Waals surface area contributed by atoms with Gasteiger partial charge < -0.3 is 15.5 Å². The molecular weight excluding hydrogens is 178 g/mol. The molecule has 2 N–H and O–H groups in total. The molecule has 1 aliphatic rings. The van der Waals surface area contributed by atoms with Crippen molar-refractivity contribution in [2.75, 3.05) is 27.7 Å². The highest BCUT2D eigenvalue weighted by Gasteiger charge is 2.29. The first-order valence-corrected chi connectivity index (χ1v) is 5.27. The van der Waals surface area contributed by atoms with Gasteiger partial charge in [0.1, 0.15) is 0 Å². The molecule has 14 heavy (non-hydrogen) atoms. The molecule has 1 amide bonds. The lowest BCUT2D eigenvalue weighted by atomic mass is 10.1. The SMILES string of the molecule is CNCCC1CCC(C(=O)N(C)C)N1. The summed E-state index contributed by atoms with van der Waals surface area (Å²) in [5.74, 6) is 0.206. The molecule has 1 fully saturated rings. The molecule has 1 saturated heterocycles. The number of nitrogens with zero attached hydrogens (tertiary/aromatic N) is 1. The van der Waals surface area contributed by atoms with Crippen molar-refractivity contribution in [3.05, 3.63) is 0 Å². The summed E-state index contributed by atoms with van der Waals surface area (Å²) in [7, 11) is 5.58. The average Bonchev–Trinajstić information content (AvgIpc) is 2.61. The Morgan fingerprint density at radius 3 is 2.79 bits per heavy atom. The maximum atomic E-state index is 11.6. The van der Waals surface area contributed by atoms with Gasteiger partial charge in [-0.3, -0.25) is 4.79 Å². The van der Waals surface area contributed by atoms with Gasteiger partial charge in [0.05, 0.1) is 6.04 Å². The van der Waals surface area contributed by atoms with Crippen LogP contribution in [-0.4, -0.2) is 50.6 Å². The van der Waals surface area contributed by atoms with Crippen molar-refractivity contribution >= 4 is 5.91 Å². The first-order valence-electron chi connectivity index (χ1n) is 5.27. The highest BCUT2D eigenvalue weighted by molar-refractivity contribution is 5.81. The smallest absolute Gasteiger partial charge is 0.239 e. The predicted octanol–water partition coefficient (Wildman–Crippen LogP) is -0.195. The lowest BCUT2D eigenvalue weighted by Gasteiger charge is -2.17. The summed E-state index contributed by atoms with van der Waals surface area (Å²) in [6.45, 7) is 1.01. The number of carbonyl (C=O) groups is 1. The standard InChI is InChI=1S/C10H21N3O/c1-11-7-6-8-4-5-9(12-8)10(14)13(2)3/h8-9,11-12H,4-7H2,1-3H3. The molecule has 0 aliphatic carbocycles. The second-order valence-electron chi connectivity index (χ2n) is 4.12. The van der Waals surface area contributed by atoms with E-state index in [0.717, 1.165) is 25.8 Å². The van der Waals surface area contributed by atoms with E-state index < -0.39 is 0 Å². The van der Waals surface area contributed by atoms with Crippen molar-refractivity contribution in [1.29, 1.82) is 0 Å². The van der Waals surface area contributed by atoms with Crippen molar-refractivity contribution in [2.45, 2.75) is 31.3 Å². The van der Waals surface area contributed by atoms with E-state index in [-0.39, 0.29) is 11.9 Å². The van der Waals surface area contributed by atoms with Crippen LogP contribution in [0.15, 0.2) is 0 Å². The monoisotopic (exact) mass is 199 g/mol. The van der Waals surface area contributed by atoms with Crippen LogP contribution in [0, 0.1) is 0 Å². The van der Waals surface area contributed by atoms with Gasteiger partial charge >= 0.3 is 0 Å². The number of nitrogens with one attached hydrogen (secondary N) is 2. The maximum Gasteiger partial charge on any atom is 0.239 e. The fourth-order valence-electron chi connectivity index (χ4n) is 1.87. The van der Waals surface area contributed by atoms with Crippen LogP contribution in [0.25, 0.3) is 0 Å². The van der Waals surface area contributed by atoms with E-state index in [9.17, 15) is 4.79 Å². The minimum absolute atomic E-state index is 0.0480. The number of hydrogen-bond acceptors (Lipinski definition) is 3. The Morgan fingerprint density at radius 1 is 1.50 bits per heavy atom. The van der Waals surface area contributed by atoms with E-state index in [2.05, 4.69) is 10.6 Å². The maximum absolute atomic E-state index is 11.6. The van der Waals surface area contributed by atoms with Gasteiger partial charge in [-0.15, -0.1) is 0 Å². The summed E-state index contributed by atoms with van der Waals surface area (Å²) in [4.78, 5) is 13.3. The van der Waals surface area contributed by atoms with Gasteiger partial charge in [-0.1, -0.05) is 0 Å². The number of hydrogen-bond donors (Lipinski definition) is 2. The lowest BCUT2D eigenvalue weighted by Crippen LogP contribution is -2.42. The third kappa shape index (κ3) is 2.96. The van der Waals surface area contributed by atoms with Crippen LogP contribution in [0.2, 0.25) is 0 Å². The summed E-state index contributed by atoms with van der Waals surface area (Å²) in [6.07, 6.45) is 3.20. The summed E-state index contributed by atoms with van der Waals surface area (Å²) in [5, 5.41) is 6.50. The Kier molecular flexibility index (Phi) is 4.35. The van der Waals surface area contributed by atoms with E-state index in [1.54, 1.807) is 4.90 Å². The fourth-order valence-corrected chi connectivity index (χ4v) is 1.87. The highest BCUT2D eigenvalue weighted by Crippen LogP contribution is 2.15. The van der Waals surface area contributed by atoms with Crippen LogP contribution in [0.1, 0.15) is 19.3 Å². The van der Waals surface area contributed by atoms with E-state index in [1.165, 1.54) is 0 Å². The number of rotatable bonds is 4. The summed E-state index contributed by atoms with van der Waals surface area (Å²) < 4.78 is 0. The third-order valence-electron chi connectivity index (χ3n) is 2.72. The minimum atomic E-state index is 0.0480. The van der Waals surface area contributed by atoms with Crippen LogP contribution < -0.4 is 10.6 Å². The molecule has 2 atom stereocenters. The first kappa shape index (κ1) is 11.5. The third-order valence-corrected chi connectivity index (χ3v) is 2.72. The Labute approximate surface area is 86.0 Å². The van der Waals surface area contributed by atoms with Gasteiger partial charge in [0.2, 0.25) is 5.91 Å². The molecule has 1 heterocycles. The van der Waals surface area contributed by atoms with Crippen molar-refractivity contribution in [1.82, 2.24) is 15.5 Å². The van der Waals surface area contributed by atoms with E-state index >= 15 is 0 Å². The van der Waals surface area contributed by atoms with Gasteiger partial charge in [-0.25, -0.2) is 0 Å². The molecule has 2 unspecified atom stereocenters. The zero-order chi connectivity index (χ0) is 10.6. The molecule has 0 aromatic carbocycles. The second-order valence-corrected chi connectivity index (χ2v) is 4.12. The van der Waals surface area contributed by atoms with Crippen molar-refractivity contribution in [3.63, 3.8) is 0 Å². The Balaban J connectivity index is 2.30. The predicted molar refractivity (Wildman–Crippen MR) is 57.2 cm³/mol. The van der Waals surface area contributed by atoms with Gasteiger partial charge in [0, 0.05) is 20.1 Å². The molecule has 0 aromatic rings. The Hall–Kier alpha value is -0.610. The fraction of sp³-hybridized carbons (Fsp3) is 0.900. The first-order chi connectivity index (χ1) is 6.65. The number of amides is 1. The van der Waals surface area contributed by atoms with Crippen LogP contribution in [0.3, 0.4) is 0 Å². The van der Waals surface area contributed by atoms with Crippen molar-refractivity contribution < 1.29 is 4.79 Å². The molecule has 0 aromatic heterocycles. The lowest BCUT2D eigenvalue weighted by molar-refractivity contribution is -0.130. The van der Waals surface area contributed by atoms with E-state index in [4.69, 9.17) is 0 Å². The van der Waals surface area contributed by atoms with Gasteiger partial charge in [-0.05, 0) is 32.9 Å². The Morgan fingerprint density at radius 2 is 2.21 bits per heavy atom. The second kappa shape index (κ2) is 5.32. The van der Waals surface area contributed by atoms with Crippen molar-refractivity contribution in [2.24, 2.45) is 0 Å². The van der Waals surface area contributed by atoms with Crippen LogP contribution in [-0.2, 0) is 4.79 Å². The molecular formula is C10H21N3O. The molecule has 1 rings (SSSR count). The summed E-state index contributed by atoms with van der Waals surface area (Å²) in [5.41, 5.74) is 0. The molecule has 4 heteroatoms. The summed E-state index contributed by atoms with van der Waals surface area (Å²) in [6, 6.07) is 0.559. The summed E-state index contributed by atoms with van der Waals surface area (Å²) >= 11 is 0. The van der Waals surface area contributed by atoms with Gasteiger partial charge in [0.25, 0.3) is 0 Å². The van der Waals surface area contributed by atoms with Crippen LogP contribution in [0.4, 0.5) is 0 Å². The van der Waals surface area contributed by atoms with Gasteiger partial charge in [0.15, 0.2) is 0 Å². The molecule has 0 bridgehead atoms. The molecule has 0 spiro atoms.